The number of hydrogen-bond acceptors (Lipinski definition) is 3. The maximum absolute atomic E-state index is 12.0. The maximum Gasteiger partial charge on any atom is 0.261 e. The van der Waals surface area contributed by atoms with Gasteiger partial charge in [0.15, 0.2) is 0 Å². The molecule has 0 aliphatic rings. The quantitative estimate of drug-likeness (QED) is 0.915. The Bertz CT molecular complexity index is 713. The topological polar surface area (TPSA) is 71.2 Å². The molecule has 0 bridgehead atoms. The number of amides is 1. The summed E-state index contributed by atoms with van der Waals surface area (Å²) in [6.45, 7) is 0. The summed E-state index contributed by atoms with van der Waals surface area (Å²) < 4.78 is 5.01. The van der Waals surface area contributed by atoms with Crippen LogP contribution in [-0.2, 0) is 0 Å². The fraction of sp³-hybridized carbons (Fsp3) is 0.0769. The molecule has 5 nitrogen and oxygen atoms in total. The average molecular weight is 313 g/mol. The number of aromatic amines is 1. The van der Waals surface area contributed by atoms with Gasteiger partial charge < -0.3 is 15.0 Å². The van der Waals surface area contributed by atoms with E-state index in [2.05, 4.69) is 10.3 Å². The van der Waals surface area contributed by atoms with Crippen molar-refractivity contribution in [3.63, 3.8) is 0 Å². The SMILES string of the molecule is COc1ccc(NC(=O)c2cc(Cl)c[nH]c2=O)cc1Cl. The Morgan fingerprint density at radius 3 is 2.70 bits per heavy atom. The number of ether oxygens (including phenoxy) is 1. The van der Waals surface area contributed by atoms with E-state index in [1.54, 1.807) is 12.1 Å². The summed E-state index contributed by atoms with van der Waals surface area (Å²) in [6, 6.07) is 6.04. The smallest absolute Gasteiger partial charge is 0.261 e. The molecule has 0 saturated carbocycles. The van der Waals surface area contributed by atoms with Gasteiger partial charge in [0.2, 0.25) is 0 Å². The first-order valence-corrected chi connectivity index (χ1v) is 6.30. The van der Waals surface area contributed by atoms with E-state index in [0.29, 0.717) is 16.5 Å². The molecule has 0 aliphatic carbocycles. The number of methoxy groups -OCH3 is 1. The maximum atomic E-state index is 12.0. The zero-order valence-corrected chi connectivity index (χ0v) is 11.9. The second-order valence-corrected chi connectivity index (χ2v) is 4.71. The molecule has 0 fully saturated rings. The van der Waals surface area contributed by atoms with E-state index >= 15 is 0 Å². The van der Waals surface area contributed by atoms with Gasteiger partial charge in [-0.3, -0.25) is 9.59 Å². The van der Waals surface area contributed by atoms with Crippen LogP contribution in [0.5, 0.6) is 5.75 Å². The molecule has 0 spiro atoms. The van der Waals surface area contributed by atoms with Gasteiger partial charge >= 0.3 is 0 Å². The third-order valence-electron chi connectivity index (χ3n) is 2.52. The molecule has 7 heteroatoms. The molecule has 2 aromatic rings. The van der Waals surface area contributed by atoms with Crippen molar-refractivity contribution < 1.29 is 9.53 Å². The molecule has 1 aromatic heterocycles. The predicted octanol–water partition coefficient (Wildman–Crippen LogP) is 2.94. The van der Waals surface area contributed by atoms with E-state index in [4.69, 9.17) is 27.9 Å². The fourth-order valence-electron chi connectivity index (χ4n) is 1.57. The first-order valence-electron chi connectivity index (χ1n) is 5.54. The number of H-pyrrole nitrogens is 1. The third-order valence-corrected chi connectivity index (χ3v) is 3.04. The van der Waals surface area contributed by atoms with Crippen LogP contribution in [-0.4, -0.2) is 18.0 Å². The van der Waals surface area contributed by atoms with Crippen LogP contribution in [0.3, 0.4) is 0 Å². The molecular weight excluding hydrogens is 303 g/mol. The third kappa shape index (κ3) is 3.12. The lowest BCUT2D eigenvalue weighted by atomic mass is 10.2. The number of carbonyl (C=O) groups excluding carboxylic acids is 1. The van der Waals surface area contributed by atoms with E-state index in [1.165, 1.54) is 25.4 Å². The second-order valence-electron chi connectivity index (χ2n) is 3.86. The van der Waals surface area contributed by atoms with Crippen LogP contribution in [0.1, 0.15) is 10.4 Å². The Morgan fingerprint density at radius 2 is 2.05 bits per heavy atom. The number of rotatable bonds is 3. The normalized spacial score (nSPS) is 10.2. The highest BCUT2D eigenvalue weighted by Crippen LogP contribution is 2.27. The minimum absolute atomic E-state index is 0.0792. The zero-order chi connectivity index (χ0) is 14.7. The predicted molar refractivity (Wildman–Crippen MR) is 78.0 cm³/mol. The summed E-state index contributed by atoms with van der Waals surface area (Å²) in [5, 5.41) is 3.18. The number of hydrogen-bond donors (Lipinski definition) is 2. The molecule has 1 aromatic carbocycles. The number of pyridine rings is 1. The van der Waals surface area contributed by atoms with E-state index in [-0.39, 0.29) is 10.6 Å². The van der Waals surface area contributed by atoms with Crippen molar-refractivity contribution in [3.05, 3.63) is 56.4 Å². The van der Waals surface area contributed by atoms with Crippen LogP contribution in [0, 0.1) is 0 Å². The summed E-state index contributed by atoms with van der Waals surface area (Å²) >= 11 is 11.7. The van der Waals surface area contributed by atoms with Crippen molar-refractivity contribution in [2.75, 3.05) is 12.4 Å². The van der Waals surface area contributed by atoms with Gasteiger partial charge in [-0.1, -0.05) is 23.2 Å². The van der Waals surface area contributed by atoms with Crippen molar-refractivity contribution in [2.24, 2.45) is 0 Å². The average Bonchev–Trinajstić information content (AvgIpc) is 2.41. The highest BCUT2D eigenvalue weighted by atomic mass is 35.5. The standard InChI is InChI=1S/C13H10Cl2N2O3/c1-20-11-3-2-8(5-10(11)15)17-13(19)9-4-7(14)6-16-12(9)18/h2-6H,1H3,(H,16,18)(H,17,19). The van der Waals surface area contributed by atoms with Crippen LogP contribution in [0.15, 0.2) is 35.3 Å². The van der Waals surface area contributed by atoms with Gasteiger partial charge in [-0.15, -0.1) is 0 Å². The number of halogens is 2. The van der Waals surface area contributed by atoms with Crippen molar-refractivity contribution in [1.82, 2.24) is 4.98 Å². The molecule has 2 N–H and O–H groups in total. The van der Waals surface area contributed by atoms with Crippen LogP contribution in [0.25, 0.3) is 0 Å². The van der Waals surface area contributed by atoms with E-state index < -0.39 is 11.5 Å². The van der Waals surface area contributed by atoms with Gasteiger partial charge in [-0.25, -0.2) is 0 Å². The van der Waals surface area contributed by atoms with E-state index in [0.717, 1.165) is 0 Å². The van der Waals surface area contributed by atoms with Crippen LogP contribution < -0.4 is 15.6 Å². The van der Waals surface area contributed by atoms with Gasteiger partial charge in [0.1, 0.15) is 11.3 Å². The molecule has 0 saturated heterocycles. The van der Waals surface area contributed by atoms with Crippen molar-refractivity contribution >= 4 is 34.8 Å². The summed E-state index contributed by atoms with van der Waals surface area (Å²) in [6.07, 6.45) is 1.31. The minimum Gasteiger partial charge on any atom is -0.495 e. The van der Waals surface area contributed by atoms with Crippen LogP contribution in [0.2, 0.25) is 10.0 Å². The summed E-state index contributed by atoms with van der Waals surface area (Å²) in [7, 11) is 1.49. The Balaban J connectivity index is 2.25. The van der Waals surface area contributed by atoms with Crippen molar-refractivity contribution in [1.29, 1.82) is 0 Å². The second kappa shape index (κ2) is 5.98. The van der Waals surface area contributed by atoms with Crippen molar-refractivity contribution in [2.45, 2.75) is 0 Å². The molecule has 0 unspecified atom stereocenters. The monoisotopic (exact) mass is 312 g/mol. The Kier molecular flexibility index (Phi) is 4.32. The van der Waals surface area contributed by atoms with Gasteiger partial charge in [-0.2, -0.15) is 0 Å². The summed E-state index contributed by atoms with van der Waals surface area (Å²) in [5.74, 6) is -0.0831. The molecule has 0 aliphatic heterocycles. The van der Waals surface area contributed by atoms with E-state index in [1.807, 2.05) is 0 Å². The number of benzene rings is 1. The summed E-state index contributed by atoms with van der Waals surface area (Å²) in [4.78, 5) is 25.9. The Labute approximate surface area is 124 Å². The van der Waals surface area contributed by atoms with Crippen LogP contribution >= 0.6 is 23.2 Å². The van der Waals surface area contributed by atoms with E-state index in [9.17, 15) is 9.59 Å². The lowest BCUT2D eigenvalue weighted by Gasteiger charge is -2.07. The van der Waals surface area contributed by atoms with Gasteiger partial charge in [0.25, 0.3) is 11.5 Å². The lowest BCUT2D eigenvalue weighted by molar-refractivity contribution is 0.102. The van der Waals surface area contributed by atoms with Gasteiger partial charge in [0, 0.05) is 11.9 Å². The molecule has 1 heterocycles. The van der Waals surface area contributed by atoms with Gasteiger partial charge in [-0.05, 0) is 24.3 Å². The molecule has 0 atom stereocenters. The Morgan fingerprint density at radius 1 is 1.30 bits per heavy atom. The molecule has 1 amide bonds. The van der Waals surface area contributed by atoms with Gasteiger partial charge in [0.05, 0.1) is 17.2 Å². The zero-order valence-electron chi connectivity index (χ0n) is 10.4. The number of nitrogens with one attached hydrogen (secondary N) is 2. The van der Waals surface area contributed by atoms with Crippen molar-refractivity contribution in [3.8, 4) is 5.75 Å². The molecule has 2 rings (SSSR count). The summed E-state index contributed by atoms with van der Waals surface area (Å²) in [5.41, 5.74) is -0.156. The molecular formula is C13H10Cl2N2O3. The lowest BCUT2D eigenvalue weighted by Crippen LogP contribution is -2.22. The minimum atomic E-state index is -0.574. The highest BCUT2D eigenvalue weighted by molar-refractivity contribution is 6.32. The highest BCUT2D eigenvalue weighted by Gasteiger charge is 2.12. The molecule has 104 valence electrons. The first kappa shape index (κ1) is 14.4. The largest absolute Gasteiger partial charge is 0.495 e. The van der Waals surface area contributed by atoms with Crippen LogP contribution in [0.4, 0.5) is 5.69 Å². The fourth-order valence-corrected chi connectivity index (χ4v) is 1.99. The number of carbonyl (C=O) groups is 1. The Hall–Kier alpha value is -1.98. The molecule has 0 radical (unpaired) electrons. The molecule has 20 heavy (non-hydrogen) atoms. The number of anilines is 1. The number of aromatic nitrogens is 1. The first-order chi connectivity index (χ1) is 9.51.